The highest BCUT2D eigenvalue weighted by molar-refractivity contribution is 4.77. The van der Waals surface area contributed by atoms with Crippen molar-refractivity contribution in [1.82, 2.24) is 10.2 Å². The molecular weight excluding hydrogens is 208 g/mol. The predicted molar refractivity (Wildman–Crippen MR) is 76.5 cm³/mol. The standard InChI is InChI=1S/C15H32N2/c1-3-10-16-11-6-5-7-13-17(12-4-2)14-15-8-9-15/h15-16H,3-14H2,1-2H3. The molecule has 2 nitrogen and oxygen atoms in total. The fourth-order valence-corrected chi connectivity index (χ4v) is 2.34. The van der Waals surface area contributed by atoms with Crippen LogP contribution in [0.15, 0.2) is 0 Å². The van der Waals surface area contributed by atoms with E-state index < -0.39 is 0 Å². The molecule has 0 radical (unpaired) electrons. The van der Waals surface area contributed by atoms with Gasteiger partial charge in [0.2, 0.25) is 0 Å². The molecule has 0 aliphatic heterocycles. The summed E-state index contributed by atoms with van der Waals surface area (Å²) < 4.78 is 0. The van der Waals surface area contributed by atoms with E-state index in [4.69, 9.17) is 0 Å². The fourth-order valence-electron chi connectivity index (χ4n) is 2.34. The predicted octanol–water partition coefficient (Wildman–Crippen LogP) is 3.28. The molecule has 1 rings (SSSR count). The SMILES string of the molecule is CCCNCCCCCN(CCC)CC1CC1. The summed E-state index contributed by atoms with van der Waals surface area (Å²) in [5.74, 6) is 1.05. The molecule has 0 aromatic rings. The Morgan fingerprint density at radius 2 is 1.76 bits per heavy atom. The topological polar surface area (TPSA) is 15.3 Å². The van der Waals surface area contributed by atoms with Crippen LogP contribution in [0.2, 0.25) is 0 Å². The number of hydrogen-bond donors (Lipinski definition) is 1. The first-order chi connectivity index (χ1) is 8.36. The van der Waals surface area contributed by atoms with E-state index in [2.05, 4.69) is 24.1 Å². The maximum atomic E-state index is 3.48. The molecule has 17 heavy (non-hydrogen) atoms. The Hall–Kier alpha value is -0.0800. The van der Waals surface area contributed by atoms with Crippen LogP contribution in [0, 0.1) is 5.92 Å². The molecule has 1 aliphatic carbocycles. The van der Waals surface area contributed by atoms with Crippen LogP contribution in [-0.4, -0.2) is 37.6 Å². The first-order valence-electron chi connectivity index (χ1n) is 7.79. The molecule has 0 heterocycles. The van der Waals surface area contributed by atoms with Crippen LogP contribution in [-0.2, 0) is 0 Å². The highest BCUT2D eigenvalue weighted by Gasteiger charge is 2.23. The monoisotopic (exact) mass is 240 g/mol. The van der Waals surface area contributed by atoms with Gasteiger partial charge >= 0.3 is 0 Å². The molecule has 0 spiro atoms. The molecule has 0 atom stereocenters. The number of unbranched alkanes of at least 4 members (excludes halogenated alkanes) is 2. The van der Waals surface area contributed by atoms with E-state index in [-0.39, 0.29) is 0 Å². The van der Waals surface area contributed by atoms with Gasteiger partial charge < -0.3 is 10.2 Å². The fraction of sp³-hybridized carbons (Fsp3) is 1.00. The third-order valence-corrected chi connectivity index (χ3v) is 3.51. The molecule has 0 saturated heterocycles. The molecule has 0 amide bonds. The summed E-state index contributed by atoms with van der Waals surface area (Å²) in [7, 11) is 0. The van der Waals surface area contributed by atoms with Crippen molar-refractivity contribution in [2.45, 2.75) is 58.8 Å². The molecule has 1 fully saturated rings. The van der Waals surface area contributed by atoms with Gasteiger partial charge in [-0.2, -0.15) is 0 Å². The maximum Gasteiger partial charge on any atom is 0.000966 e. The van der Waals surface area contributed by atoms with Crippen molar-refractivity contribution in [3.8, 4) is 0 Å². The molecule has 2 heteroatoms. The summed E-state index contributed by atoms with van der Waals surface area (Å²) >= 11 is 0. The van der Waals surface area contributed by atoms with Crippen LogP contribution in [0.25, 0.3) is 0 Å². The Bertz CT molecular complexity index is 166. The van der Waals surface area contributed by atoms with Gasteiger partial charge in [0.25, 0.3) is 0 Å². The molecule has 0 bridgehead atoms. The van der Waals surface area contributed by atoms with Gasteiger partial charge in [-0.1, -0.05) is 20.3 Å². The van der Waals surface area contributed by atoms with Gasteiger partial charge in [-0.25, -0.2) is 0 Å². The van der Waals surface area contributed by atoms with Crippen molar-refractivity contribution in [1.29, 1.82) is 0 Å². The average molecular weight is 240 g/mol. The van der Waals surface area contributed by atoms with Crippen LogP contribution in [0.4, 0.5) is 0 Å². The Morgan fingerprint density at radius 3 is 2.41 bits per heavy atom. The molecule has 1 aliphatic rings. The number of rotatable bonds is 12. The molecule has 0 aromatic heterocycles. The van der Waals surface area contributed by atoms with Crippen molar-refractivity contribution < 1.29 is 0 Å². The lowest BCUT2D eigenvalue weighted by Crippen LogP contribution is -2.28. The number of nitrogens with one attached hydrogen (secondary N) is 1. The minimum Gasteiger partial charge on any atom is -0.317 e. The largest absolute Gasteiger partial charge is 0.317 e. The van der Waals surface area contributed by atoms with E-state index in [1.54, 1.807) is 0 Å². The normalized spacial score (nSPS) is 15.7. The van der Waals surface area contributed by atoms with Crippen LogP contribution in [0.1, 0.15) is 58.8 Å². The van der Waals surface area contributed by atoms with Crippen LogP contribution >= 0.6 is 0 Å². The summed E-state index contributed by atoms with van der Waals surface area (Å²) in [4.78, 5) is 2.69. The van der Waals surface area contributed by atoms with E-state index in [0.717, 1.165) is 5.92 Å². The van der Waals surface area contributed by atoms with Crippen molar-refractivity contribution >= 4 is 0 Å². The number of hydrogen-bond acceptors (Lipinski definition) is 2. The quantitative estimate of drug-likeness (QED) is 0.527. The minimum atomic E-state index is 1.05. The number of nitrogens with zero attached hydrogens (tertiary/aromatic N) is 1. The Kier molecular flexibility index (Phi) is 8.72. The van der Waals surface area contributed by atoms with Gasteiger partial charge in [0.1, 0.15) is 0 Å². The third-order valence-electron chi connectivity index (χ3n) is 3.51. The highest BCUT2D eigenvalue weighted by atomic mass is 15.1. The summed E-state index contributed by atoms with van der Waals surface area (Å²) in [6, 6.07) is 0. The summed E-state index contributed by atoms with van der Waals surface area (Å²) in [5, 5.41) is 3.48. The van der Waals surface area contributed by atoms with Crippen molar-refractivity contribution in [2.24, 2.45) is 5.92 Å². The zero-order valence-corrected chi connectivity index (χ0v) is 12.0. The first kappa shape index (κ1) is 15.0. The van der Waals surface area contributed by atoms with E-state index in [0.29, 0.717) is 0 Å². The van der Waals surface area contributed by atoms with Gasteiger partial charge in [0.15, 0.2) is 0 Å². The highest BCUT2D eigenvalue weighted by Crippen LogP contribution is 2.29. The second-order valence-corrected chi connectivity index (χ2v) is 5.55. The summed E-state index contributed by atoms with van der Waals surface area (Å²) in [6.45, 7) is 10.9. The lowest BCUT2D eigenvalue weighted by Gasteiger charge is -2.21. The van der Waals surface area contributed by atoms with Crippen LogP contribution < -0.4 is 5.32 Å². The van der Waals surface area contributed by atoms with Gasteiger partial charge in [-0.3, -0.25) is 0 Å². The zero-order valence-electron chi connectivity index (χ0n) is 12.0. The van der Waals surface area contributed by atoms with Crippen LogP contribution in [0.3, 0.4) is 0 Å². The minimum absolute atomic E-state index is 1.05. The third kappa shape index (κ3) is 8.62. The van der Waals surface area contributed by atoms with Crippen molar-refractivity contribution in [3.05, 3.63) is 0 Å². The second-order valence-electron chi connectivity index (χ2n) is 5.55. The molecule has 0 aromatic carbocycles. The molecule has 1 saturated carbocycles. The van der Waals surface area contributed by atoms with Crippen molar-refractivity contribution in [2.75, 3.05) is 32.7 Å². The molecular formula is C15H32N2. The lowest BCUT2D eigenvalue weighted by molar-refractivity contribution is 0.257. The van der Waals surface area contributed by atoms with E-state index in [9.17, 15) is 0 Å². The van der Waals surface area contributed by atoms with Gasteiger partial charge in [0, 0.05) is 6.54 Å². The summed E-state index contributed by atoms with van der Waals surface area (Å²) in [5.41, 5.74) is 0. The van der Waals surface area contributed by atoms with Gasteiger partial charge in [-0.05, 0) is 70.6 Å². The molecule has 1 N–H and O–H groups in total. The van der Waals surface area contributed by atoms with Gasteiger partial charge in [0.05, 0.1) is 0 Å². The second kappa shape index (κ2) is 9.90. The molecule has 102 valence electrons. The maximum absolute atomic E-state index is 3.48. The van der Waals surface area contributed by atoms with Gasteiger partial charge in [-0.15, -0.1) is 0 Å². The lowest BCUT2D eigenvalue weighted by atomic mass is 10.2. The Labute approximate surface area is 108 Å². The van der Waals surface area contributed by atoms with E-state index >= 15 is 0 Å². The molecule has 0 unspecified atom stereocenters. The van der Waals surface area contributed by atoms with Crippen LogP contribution in [0.5, 0.6) is 0 Å². The van der Waals surface area contributed by atoms with E-state index in [1.165, 1.54) is 77.7 Å². The van der Waals surface area contributed by atoms with E-state index in [1.807, 2.05) is 0 Å². The van der Waals surface area contributed by atoms with Crippen molar-refractivity contribution in [3.63, 3.8) is 0 Å². The average Bonchev–Trinajstić information content (AvgIpc) is 3.12. The summed E-state index contributed by atoms with van der Waals surface area (Å²) in [6.07, 6.45) is 9.67. The first-order valence-corrected chi connectivity index (χ1v) is 7.79. The zero-order chi connectivity index (χ0) is 12.3. The smallest absolute Gasteiger partial charge is 0.000966 e. The Morgan fingerprint density at radius 1 is 0.941 bits per heavy atom. The Balaban J connectivity index is 1.90.